The van der Waals surface area contributed by atoms with Crippen LogP contribution in [0.1, 0.15) is 37.0 Å². The lowest BCUT2D eigenvalue weighted by Crippen LogP contribution is -2.56. The number of likely N-dealkylation sites (N-methyl/N-ethyl adjacent to an activating group) is 1. The number of anilines is 1. The molecule has 1 fully saturated rings. The van der Waals surface area contributed by atoms with Crippen molar-refractivity contribution in [3.63, 3.8) is 0 Å². The first-order valence-electron chi connectivity index (χ1n) is 7.83. The van der Waals surface area contributed by atoms with Gasteiger partial charge < -0.3 is 10.2 Å². The minimum absolute atomic E-state index is 0.0120. The summed E-state index contributed by atoms with van der Waals surface area (Å²) in [5.41, 5.74) is 3.53. The van der Waals surface area contributed by atoms with Crippen molar-refractivity contribution in [2.45, 2.75) is 32.9 Å². The Morgan fingerprint density at radius 2 is 2.05 bits per heavy atom. The Labute approximate surface area is 126 Å². The Morgan fingerprint density at radius 3 is 2.76 bits per heavy atom. The van der Waals surface area contributed by atoms with Gasteiger partial charge in [0.05, 0.1) is 5.56 Å². The summed E-state index contributed by atoms with van der Waals surface area (Å²) in [7, 11) is 1.91. The molecule has 1 amide bonds. The predicted octanol–water partition coefficient (Wildman–Crippen LogP) is 3.50. The zero-order chi connectivity index (χ0) is 14.8. The number of allylic oxidation sites excluding steroid dienone is 1. The van der Waals surface area contributed by atoms with Crippen LogP contribution in [0.15, 0.2) is 35.9 Å². The average Bonchev–Trinajstić information content (AvgIpc) is 2.50. The molecule has 0 saturated heterocycles. The fraction of sp³-hybridized carbons (Fsp3) is 0.500. The van der Waals surface area contributed by atoms with Crippen LogP contribution in [0.2, 0.25) is 0 Å². The number of nitrogens with one attached hydrogen (secondary N) is 1. The monoisotopic (exact) mass is 282 g/mol. The van der Waals surface area contributed by atoms with E-state index in [-0.39, 0.29) is 12.1 Å². The van der Waals surface area contributed by atoms with E-state index < -0.39 is 0 Å². The number of hydrogen-bond acceptors (Lipinski definition) is 2. The minimum atomic E-state index is 0.0120. The van der Waals surface area contributed by atoms with Crippen LogP contribution in [-0.4, -0.2) is 24.0 Å². The fourth-order valence-corrected chi connectivity index (χ4v) is 4.36. The number of carbonyl (C=O) groups excluding carboxylic acids is 1. The summed E-state index contributed by atoms with van der Waals surface area (Å²) < 4.78 is 0. The van der Waals surface area contributed by atoms with E-state index in [0.717, 1.165) is 23.6 Å². The number of fused-ring (bicyclic) bond motifs is 2. The number of benzene rings is 1. The molecule has 0 unspecified atom stereocenters. The number of nitrogens with zero attached hydrogens (tertiary/aromatic N) is 1. The standard InChI is InChI=1S/C18H22N2O/c1-18(2)11-8-9-12(14(18)10-11)16-19-15-7-5-4-6-13(15)17(21)20(16)3/h4-7,9,11,14,16,19H,8,10H2,1-3H3/t11-,14+,16-/m0/s1. The van der Waals surface area contributed by atoms with E-state index in [1.165, 1.54) is 12.0 Å². The topological polar surface area (TPSA) is 32.3 Å². The van der Waals surface area contributed by atoms with Crippen molar-refractivity contribution in [3.05, 3.63) is 41.5 Å². The fourth-order valence-electron chi connectivity index (χ4n) is 4.36. The van der Waals surface area contributed by atoms with Crippen molar-refractivity contribution in [3.8, 4) is 0 Å². The van der Waals surface area contributed by atoms with E-state index in [1.807, 2.05) is 36.2 Å². The Morgan fingerprint density at radius 1 is 1.29 bits per heavy atom. The van der Waals surface area contributed by atoms with Crippen LogP contribution in [0.4, 0.5) is 5.69 Å². The molecule has 4 aliphatic rings. The summed E-state index contributed by atoms with van der Waals surface area (Å²) in [5, 5.41) is 3.58. The third-order valence-electron chi connectivity index (χ3n) is 5.98. The van der Waals surface area contributed by atoms with Gasteiger partial charge in [0.15, 0.2) is 0 Å². The molecule has 2 bridgehead atoms. The summed E-state index contributed by atoms with van der Waals surface area (Å²) in [4.78, 5) is 14.5. The molecule has 21 heavy (non-hydrogen) atoms. The first-order chi connectivity index (χ1) is 10.00. The highest BCUT2D eigenvalue weighted by Crippen LogP contribution is 2.60. The maximum absolute atomic E-state index is 12.6. The van der Waals surface area contributed by atoms with Crippen LogP contribution < -0.4 is 5.32 Å². The molecule has 3 aliphatic carbocycles. The van der Waals surface area contributed by atoms with Crippen molar-refractivity contribution in [2.24, 2.45) is 17.3 Å². The second-order valence-electron chi connectivity index (χ2n) is 7.25. The van der Waals surface area contributed by atoms with Gasteiger partial charge in [-0.2, -0.15) is 0 Å². The first kappa shape index (κ1) is 12.9. The van der Waals surface area contributed by atoms with E-state index >= 15 is 0 Å². The van der Waals surface area contributed by atoms with E-state index in [0.29, 0.717) is 11.3 Å². The maximum atomic E-state index is 12.6. The molecule has 1 aromatic rings. The number of amides is 1. The van der Waals surface area contributed by atoms with Crippen molar-refractivity contribution in [2.75, 3.05) is 12.4 Å². The summed E-state index contributed by atoms with van der Waals surface area (Å²) in [6.45, 7) is 4.74. The maximum Gasteiger partial charge on any atom is 0.257 e. The lowest BCUT2D eigenvalue weighted by Gasteiger charge is -2.58. The summed E-state index contributed by atoms with van der Waals surface area (Å²) >= 11 is 0. The second kappa shape index (κ2) is 4.12. The lowest BCUT2D eigenvalue weighted by molar-refractivity contribution is -0.0141. The van der Waals surface area contributed by atoms with Crippen LogP contribution in [0.3, 0.4) is 0 Å². The van der Waals surface area contributed by atoms with Crippen molar-refractivity contribution >= 4 is 11.6 Å². The highest BCUT2D eigenvalue weighted by Gasteiger charge is 2.53. The highest BCUT2D eigenvalue weighted by molar-refractivity contribution is 6.01. The molecule has 110 valence electrons. The molecular weight excluding hydrogens is 260 g/mol. The highest BCUT2D eigenvalue weighted by atomic mass is 16.2. The molecule has 0 aromatic heterocycles. The second-order valence-corrected chi connectivity index (χ2v) is 7.25. The zero-order valence-corrected chi connectivity index (χ0v) is 12.9. The smallest absolute Gasteiger partial charge is 0.257 e. The van der Waals surface area contributed by atoms with Crippen molar-refractivity contribution in [1.82, 2.24) is 4.90 Å². The summed E-state index contributed by atoms with van der Waals surface area (Å²) in [6, 6.07) is 7.81. The molecular formula is C18H22N2O. The van der Waals surface area contributed by atoms with Gasteiger partial charge in [0, 0.05) is 12.7 Å². The van der Waals surface area contributed by atoms with E-state index in [1.54, 1.807) is 0 Å². The average molecular weight is 282 g/mol. The molecule has 3 atom stereocenters. The van der Waals surface area contributed by atoms with Gasteiger partial charge in [0.25, 0.3) is 5.91 Å². The number of carbonyl (C=O) groups is 1. The lowest BCUT2D eigenvalue weighted by atomic mass is 9.48. The number of para-hydroxylation sites is 1. The summed E-state index contributed by atoms with van der Waals surface area (Å²) in [6.07, 6.45) is 4.82. The van der Waals surface area contributed by atoms with Crippen molar-refractivity contribution < 1.29 is 4.79 Å². The third kappa shape index (κ3) is 1.63. The normalized spacial score (nSPS) is 32.7. The Bertz CT molecular complexity index is 646. The van der Waals surface area contributed by atoms with Crippen LogP contribution in [0.25, 0.3) is 0 Å². The Hall–Kier alpha value is -1.77. The Balaban J connectivity index is 1.71. The molecule has 3 nitrogen and oxygen atoms in total. The van der Waals surface area contributed by atoms with Gasteiger partial charge in [0.1, 0.15) is 6.17 Å². The molecule has 5 rings (SSSR count). The number of rotatable bonds is 1. The van der Waals surface area contributed by atoms with Crippen molar-refractivity contribution in [1.29, 1.82) is 0 Å². The van der Waals surface area contributed by atoms with E-state index in [9.17, 15) is 4.79 Å². The van der Waals surface area contributed by atoms with Gasteiger partial charge >= 0.3 is 0 Å². The largest absolute Gasteiger partial charge is 0.361 e. The zero-order valence-electron chi connectivity index (χ0n) is 12.9. The van der Waals surface area contributed by atoms with Gasteiger partial charge in [-0.05, 0) is 47.8 Å². The molecule has 1 aliphatic heterocycles. The van der Waals surface area contributed by atoms with Gasteiger partial charge in [-0.25, -0.2) is 0 Å². The molecule has 1 N–H and O–H groups in total. The molecule has 0 radical (unpaired) electrons. The Kier molecular flexibility index (Phi) is 2.54. The van der Waals surface area contributed by atoms with Crippen LogP contribution in [0, 0.1) is 17.3 Å². The third-order valence-corrected chi connectivity index (χ3v) is 5.98. The van der Waals surface area contributed by atoms with E-state index in [4.69, 9.17) is 0 Å². The minimum Gasteiger partial charge on any atom is -0.361 e. The summed E-state index contributed by atoms with van der Waals surface area (Å²) in [5.74, 6) is 1.55. The van der Waals surface area contributed by atoms with Gasteiger partial charge in [0.2, 0.25) is 0 Å². The first-order valence-corrected chi connectivity index (χ1v) is 7.83. The van der Waals surface area contributed by atoms with E-state index in [2.05, 4.69) is 25.2 Å². The molecule has 1 aromatic carbocycles. The van der Waals surface area contributed by atoms with Crippen LogP contribution in [-0.2, 0) is 0 Å². The van der Waals surface area contributed by atoms with Gasteiger partial charge in [-0.1, -0.05) is 32.1 Å². The quantitative estimate of drug-likeness (QED) is 0.800. The molecule has 1 heterocycles. The predicted molar refractivity (Wildman–Crippen MR) is 84.0 cm³/mol. The van der Waals surface area contributed by atoms with Crippen LogP contribution >= 0.6 is 0 Å². The molecule has 1 saturated carbocycles. The molecule has 0 spiro atoms. The number of hydrogen-bond donors (Lipinski definition) is 1. The molecule has 3 heteroatoms. The SMILES string of the molecule is CN1C(=O)c2ccccc2N[C@@H]1C1=CC[C@H]2C[C@H]1C2(C)C. The van der Waals surface area contributed by atoms with Gasteiger partial charge in [-0.15, -0.1) is 0 Å². The van der Waals surface area contributed by atoms with Crippen LogP contribution in [0.5, 0.6) is 0 Å². The van der Waals surface area contributed by atoms with Gasteiger partial charge in [-0.3, -0.25) is 4.79 Å².